The number of hydrogen-bond acceptors (Lipinski definition) is 3. The van der Waals surface area contributed by atoms with Crippen LogP contribution in [0.4, 0.5) is 0 Å². The van der Waals surface area contributed by atoms with Crippen LogP contribution in [0.5, 0.6) is 5.75 Å². The van der Waals surface area contributed by atoms with Crippen molar-refractivity contribution in [1.29, 1.82) is 0 Å². The molecule has 0 amide bonds. The van der Waals surface area contributed by atoms with E-state index in [4.69, 9.17) is 4.74 Å². The lowest BCUT2D eigenvalue weighted by Gasteiger charge is -2.07. The van der Waals surface area contributed by atoms with Crippen LogP contribution in [0.1, 0.15) is 23.7 Å². The predicted octanol–water partition coefficient (Wildman–Crippen LogP) is 2.38. The van der Waals surface area contributed by atoms with Crippen LogP contribution in [0.25, 0.3) is 5.65 Å². The third kappa shape index (κ3) is 2.62. The van der Waals surface area contributed by atoms with Crippen molar-refractivity contribution in [3.8, 4) is 5.75 Å². The normalized spacial score (nSPS) is 11.0. The second-order valence-corrected chi connectivity index (χ2v) is 5.21. The van der Waals surface area contributed by atoms with Gasteiger partial charge in [-0.25, -0.2) is 9.50 Å². The fourth-order valence-electron chi connectivity index (χ4n) is 2.64. The predicted molar refractivity (Wildman–Crippen MR) is 85.6 cm³/mol. The highest BCUT2D eigenvalue weighted by Crippen LogP contribution is 2.19. The Bertz CT molecular complexity index is 848. The van der Waals surface area contributed by atoms with E-state index in [1.807, 2.05) is 30.5 Å². The number of nitrogens with zero attached hydrogens (tertiary/aromatic N) is 2. The molecule has 3 rings (SSSR count). The first-order valence-electron chi connectivity index (χ1n) is 7.43. The zero-order chi connectivity index (χ0) is 15.5. The van der Waals surface area contributed by atoms with Gasteiger partial charge in [0.25, 0.3) is 5.56 Å². The van der Waals surface area contributed by atoms with Gasteiger partial charge < -0.3 is 4.74 Å². The molecule has 0 saturated carbocycles. The quantitative estimate of drug-likeness (QED) is 0.786. The Kier molecular flexibility index (Phi) is 3.96. The molecule has 22 heavy (non-hydrogen) atoms. The minimum absolute atomic E-state index is 0.0697. The van der Waals surface area contributed by atoms with E-state index in [0.717, 1.165) is 41.1 Å². The molecule has 0 saturated heterocycles. The number of H-pyrrole nitrogens is 1. The van der Waals surface area contributed by atoms with Crippen molar-refractivity contribution >= 4 is 5.65 Å². The summed E-state index contributed by atoms with van der Waals surface area (Å²) in [6, 6.07) is 9.52. The highest BCUT2D eigenvalue weighted by Gasteiger charge is 2.09. The molecule has 1 aromatic carbocycles. The maximum atomic E-state index is 12.1. The maximum Gasteiger partial charge on any atom is 0.272 e. The summed E-state index contributed by atoms with van der Waals surface area (Å²) in [4.78, 5) is 16.8. The van der Waals surface area contributed by atoms with Crippen molar-refractivity contribution < 1.29 is 4.74 Å². The fraction of sp³-hybridized carbons (Fsp3) is 0.294. The van der Waals surface area contributed by atoms with Crippen LogP contribution in [0.3, 0.4) is 0 Å². The van der Waals surface area contributed by atoms with E-state index in [1.54, 1.807) is 13.2 Å². The van der Waals surface area contributed by atoms with Crippen LogP contribution >= 0.6 is 0 Å². The molecular formula is C17H19N3O2. The van der Waals surface area contributed by atoms with Crippen molar-refractivity contribution in [3.63, 3.8) is 0 Å². The van der Waals surface area contributed by atoms with Crippen LogP contribution in [-0.2, 0) is 19.3 Å². The molecule has 0 atom stereocenters. The lowest BCUT2D eigenvalue weighted by Crippen LogP contribution is -2.16. The van der Waals surface area contributed by atoms with E-state index in [0.29, 0.717) is 6.42 Å². The van der Waals surface area contributed by atoms with Gasteiger partial charge in [0.1, 0.15) is 5.75 Å². The van der Waals surface area contributed by atoms with E-state index in [2.05, 4.69) is 17.0 Å². The summed E-state index contributed by atoms with van der Waals surface area (Å²) in [6.45, 7) is 2.05. The monoisotopic (exact) mass is 297 g/mol. The van der Waals surface area contributed by atoms with Crippen LogP contribution < -0.4 is 10.3 Å². The van der Waals surface area contributed by atoms with Gasteiger partial charge in [0, 0.05) is 23.5 Å². The molecule has 0 fully saturated rings. The zero-order valence-corrected chi connectivity index (χ0v) is 12.8. The molecular weight excluding hydrogens is 278 g/mol. The Morgan fingerprint density at radius 3 is 2.82 bits per heavy atom. The number of ether oxygens (including phenoxy) is 1. The van der Waals surface area contributed by atoms with Gasteiger partial charge in [-0.2, -0.15) is 0 Å². The number of rotatable bonds is 5. The second kappa shape index (κ2) is 6.05. The van der Waals surface area contributed by atoms with Gasteiger partial charge in [-0.1, -0.05) is 25.1 Å². The molecule has 0 aliphatic carbocycles. The SMILES string of the molecule is CCc1c[nH]n2c(=O)cc(CCc3ccccc3OC)nc12. The Morgan fingerprint density at radius 2 is 2.05 bits per heavy atom. The minimum Gasteiger partial charge on any atom is -0.496 e. The van der Waals surface area contributed by atoms with Gasteiger partial charge in [-0.15, -0.1) is 0 Å². The Hall–Kier alpha value is -2.56. The highest BCUT2D eigenvalue weighted by atomic mass is 16.5. The molecule has 2 aromatic heterocycles. The summed E-state index contributed by atoms with van der Waals surface area (Å²) in [7, 11) is 1.67. The zero-order valence-electron chi connectivity index (χ0n) is 12.8. The molecule has 0 unspecified atom stereocenters. The molecule has 2 heterocycles. The topological polar surface area (TPSA) is 59.4 Å². The number of aromatic nitrogens is 3. The van der Waals surface area contributed by atoms with Crippen LogP contribution in [0, 0.1) is 0 Å². The number of aromatic amines is 1. The first kappa shape index (κ1) is 14.4. The van der Waals surface area contributed by atoms with Crippen molar-refractivity contribution in [2.45, 2.75) is 26.2 Å². The summed E-state index contributed by atoms with van der Waals surface area (Å²) >= 11 is 0. The van der Waals surface area contributed by atoms with E-state index in [1.165, 1.54) is 4.52 Å². The van der Waals surface area contributed by atoms with Gasteiger partial charge in [-0.3, -0.25) is 9.89 Å². The molecule has 114 valence electrons. The van der Waals surface area contributed by atoms with E-state index >= 15 is 0 Å². The third-order valence-electron chi connectivity index (χ3n) is 3.85. The number of para-hydroxylation sites is 1. The molecule has 0 aliphatic rings. The average molecular weight is 297 g/mol. The Labute approximate surface area is 128 Å². The van der Waals surface area contributed by atoms with Crippen LogP contribution in [0.2, 0.25) is 0 Å². The molecule has 0 spiro atoms. The van der Waals surface area contributed by atoms with E-state index in [-0.39, 0.29) is 5.56 Å². The summed E-state index contributed by atoms with van der Waals surface area (Å²) < 4.78 is 6.85. The maximum absolute atomic E-state index is 12.1. The fourth-order valence-corrected chi connectivity index (χ4v) is 2.64. The number of nitrogens with one attached hydrogen (secondary N) is 1. The minimum atomic E-state index is -0.0697. The largest absolute Gasteiger partial charge is 0.496 e. The molecule has 1 N–H and O–H groups in total. The summed E-state index contributed by atoms with van der Waals surface area (Å²) in [5.74, 6) is 0.871. The van der Waals surface area contributed by atoms with Gasteiger partial charge in [0.2, 0.25) is 0 Å². The third-order valence-corrected chi connectivity index (χ3v) is 3.85. The Morgan fingerprint density at radius 1 is 1.23 bits per heavy atom. The van der Waals surface area contributed by atoms with Crippen molar-refractivity contribution in [1.82, 2.24) is 14.6 Å². The molecule has 0 bridgehead atoms. The average Bonchev–Trinajstić information content (AvgIpc) is 2.96. The van der Waals surface area contributed by atoms with E-state index in [9.17, 15) is 4.79 Å². The van der Waals surface area contributed by atoms with Gasteiger partial charge >= 0.3 is 0 Å². The number of fused-ring (bicyclic) bond motifs is 1. The number of aryl methyl sites for hydroxylation is 3. The van der Waals surface area contributed by atoms with Gasteiger partial charge in [0.15, 0.2) is 5.65 Å². The number of methoxy groups -OCH3 is 1. The molecule has 5 heteroatoms. The summed E-state index contributed by atoms with van der Waals surface area (Å²) in [5, 5.41) is 2.95. The van der Waals surface area contributed by atoms with Crippen LogP contribution in [0.15, 0.2) is 41.3 Å². The second-order valence-electron chi connectivity index (χ2n) is 5.21. The summed E-state index contributed by atoms with van der Waals surface area (Å²) in [5.41, 5.74) is 3.64. The van der Waals surface area contributed by atoms with Gasteiger partial charge in [-0.05, 0) is 30.9 Å². The lowest BCUT2D eigenvalue weighted by molar-refractivity contribution is 0.409. The van der Waals surface area contributed by atoms with Crippen molar-refractivity contribution in [2.75, 3.05) is 7.11 Å². The van der Waals surface area contributed by atoms with Crippen LogP contribution in [-0.4, -0.2) is 21.7 Å². The number of benzene rings is 1. The first-order chi connectivity index (χ1) is 10.7. The molecule has 5 nitrogen and oxygen atoms in total. The smallest absolute Gasteiger partial charge is 0.272 e. The van der Waals surface area contributed by atoms with Gasteiger partial charge in [0.05, 0.1) is 7.11 Å². The van der Waals surface area contributed by atoms with Crippen molar-refractivity contribution in [2.24, 2.45) is 0 Å². The Balaban J connectivity index is 1.89. The standard InChI is InChI=1S/C17H19N3O2/c1-3-12-11-18-20-16(21)10-14(19-17(12)20)9-8-13-6-4-5-7-15(13)22-2/h4-7,10-11,18H,3,8-9H2,1-2H3. The molecule has 0 radical (unpaired) electrons. The lowest BCUT2D eigenvalue weighted by atomic mass is 10.1. The van der Waals surface area contributed by atoms with E-state index < -0.39 is 0 Å². The molecule has 0 aliphatic heterocycles. The molecule has 3 aromatic rings. The summed E-state index contributed by atoms with van der Waals surface area (Å²) in [6.07, 6.45) is 4.18. The first-order valence-corrected chi connectivity index (χ1v) is 7.43. The number of hydrogen-bond donors (Lipinski definition) is 1. The highest BCUT2D eigenvalue weighted by molar-refractivity contribution is 5.46. The van der Waals surface area contributed by atoms with Crippen molar-refractivity contribution in [3.05, 3.63) is 63.7 Å².